The van der Waals surface area contributed by atoms with Gasteiger partial charge >= 0.3 is 0 Å². The minimum atomic E-state index is -0.124. The first-order chi connectivity index (χ1) is 13.0. The highest BCUT2D eigenvalue weighted by Gasteiger charge is 2.21. The van der Waals surface area contributed by atoms with E-state index in [4.69, 9.17) is 0 Å². The third-order valence-corrected chi connectivity index (χ3v) is 5.54. The fourth-order valence-electron chi connectivity index (χ4n) is 3.38. The van der Waals surface area contributed by atoms with E-state index in [2.05, 4.69) is 25.4 Å². The van der Waals surface area contributed by atoms with Gasteiger partial charge in [0.05, 0.1) is 5.75 Å². The Hall–Kier alpha value is -2.35. The first-order valence-electron chi connectivity index (χ1n) is 9.25. The number of aromatic nitrogens is 3. The molecule has 2 amide bonds. The number of thioether (sulfide) groups is 1. The number of aryl methyl sites for hydroxylation is 1. The van der Waals surface area contributed by atoms with E-state index >= 15 is 0 Å². The second-order valence-corrected chi connectivity index (χ2v) is 7.73. The number of anilines is 2. The van der Waals surface area contributed by atoms with Gasteiger partial charge in [-0.1, -0.05) is 31.0 Å². The van der Waals surface area contributed by atoms with E-state index < -0.39 is 0 Å². The van der Waals surface area contributed by atoms with Gasteiger partial charge in [0.25, 0.3) is 0 Å². The lowest BCUT2D eigenvalue weighted by molar-refractivity contribution is -0.114. The third-order valence-electron chi connectivity index (χ3n) is 4.60. The van der Waals surface area contributed by atoms with Gasteiger partial charge in [-0.05, 0) is 44.0 Å². The lowest BCUT2D eigenvalue weighted by atomic mass is 9.95. The Balaban J connectivity index is 1.56. The van der Waals surface area contributed by atoms with E-state index in [1.807, 2.05) is 6.92 Å². The molecule has 144 valence electrons. The van der Waals surface area contributed by atoms with Crippen LogP contribution < -0.4 is 10.6 Å². The quantitative estimate of drug-likeness (QED) is 0.736. The van der Waals surface area contributed by atoms with E-state index in [9.17, 15) is 9.59 Å². The summed E-state index contributed by atoms with van der Waals surface area (Å²) < 4.78 is 2.19. The molecule has 0 atom stereocenters. The molecule has 0 radical (unpaired) electrons. The van der Waals surface area contributed by atoms with Crippen LogP contribution in [0.15, 0.2) is 29.4 Å². The SMILES string of the molecule is CC(=O)Nc1ccc(NC(=O)CSc2nnc(C)n2C2CCCCC2)cc1. The topological polar surface area (TPSA) is 88.9 Å². The Labute approximate surface area is 163 Å². The number of nitrogens with zero attached hydrogens (tertiary/aromatic N) is 3. The zero-order valence-electron chi connectivity index (χ0n) is 15.7. The van der Waals surface area contributed by atoms with Crippen LogP contribution in [-0.4, -0.2) is 32.3 Å². The van der Waals surface area contributed by atoms with Crippen molar-refractivity contribution in [2.24, 2.45) is 0 Å². The first kappa shape index (κ1) is 19.4. The van der Waals surface area contributed by atoms with Gasteiger partial charge in [0.15, 0.2) is 5.16 Å². The molecule has 1 aromatic heterocycles. The Bertz CT molecular complexity index is 797. The summed E-state index contributed by atoms with van der Waals surface area (Å²) in [4.78, 5) is 23.3. The molecule has 1 aliphatic carbocycles. The highest BCUT2D eigenvalue weighted by atomic mass is 32.2. The third kappa shape index (κ3) is 5.32. The van der Waals surface area contributed by atoms with E-state index in [-0.39, 0.29) is 17.6 Å². The maximum absolute atomic E-state index is 12.3. The number of carbonyl (C=O) groups excluding carboxylic acids is 2. The molecule has 2 aromatic rings. The van der Waals surface area contributed by atoms with E-state index in [0.29, 0.717) is 17.4 Å². The van der Waals surface area contributed by atoms with Crippen molar-refractivity contribution in [2.75, 3.05) is 16.4 Å². The normalized spacial score (nSPS) is 14.7. The molecule has 2 N–H and O–H groups in total. The van der Waals surface area contributed by atoms with Crippen LogP contribution in [0.2, 0.25) is 0 Å². The number of nitrogens with one attached hydrogen (secondary N) is 2. The molecule has 1 aromatic carbocycles. The summed E-state index contributed by atoms with van der Waals surface area (Å²) >= 11 is 1.42. The Morgan fingerprint density at radius 2 is 1.70 bits per heavy atom. The summed E-state index contributed by atoms with van der Waals surface area (Å²) in [6.07, 6.45) is 6.07. The Morgan fingerprint density at radius 3 is 2.33 bits per heavy atom. The maximum Gasteiger partial charge on any atom is 0.234 e. The largest absolute Gasteiger partial charge is 0.326 e. The molecule has 0 spiro atoms. The molecular formula is C19H25N5O2S. The molecule has 7 nitrogen and oxygen atoms in total. The molecule has 27 heavy (non-hydrogen) atoms. The Morgan fingerprint density at radius 1 is 1.07 bits per heavy atom. The smallest absolute Gasteiger partial charge is 0.234 e. The van der Waals surface area contributed by atoms with Gasteiger partial charge in [0.2, 0.25) is 11.8 Å². The van der Waals surface area contributed by atoms with Crippen LogP contribution >= 0.6 is 11.8 Å². The number of rotatable bonds is 6. The molecule has 0 saturated heterocycles. The summed E-state index contributed by atoms with van der Waals surface area (Å²) in [5, 5.41) is 14.9. The standard InChI is InChI=1S/C19H25N5O2S/c1-13-22-23-19(24(13)17-6-4-3-5-7-17)27-12-18(26)21-16-10-8-15(9-11-16)20-14(2)25/h8-11,17H,3-7,12H2,1-2H3,(H,20,25)(H,21,26). The first-order valence-corrected chi connectivity index (χ1v) is 10.2. The van der Waals surface area contributed by atoms with Crippen LogP contribution in [0, 0.1) is 6.92 Å². The van der Waals surface area contributed by atoms with Crippen LogP contribution in [0.1, 0.15) is 50.9 Å². The van der Waals surface area contributed by atoms with Crippen molar-refractivity contribution >= 4 is 35.0 Å². The van der Waals surface area contributed by atoms with Crippen molar-refractivity contribution in [2.45, 2.75) is 57.1 Å². The molecule has 1 heterocycles. The average molecular weight is 388 g/mol. The van der Waals surface area contributed by atoms with Gasteiger partial charge in [-0.15, -0.1) is 10.2 Å². The molecule has 8 heteroatoms. The minimum Gasteiger partial charge on any atom is -0.326 e. The highest BCUT2D eigenvalue weighted by molar-refractivity contribution is 7.99. The van der Waals surface area contributed by atoms with Gasteiger partial charge in [-0.3, -0.25) is 9.59 Å². The fraction of sp³-hybridized carbons (Fsp3) is 0.474. The summed E-state index contributed by atoms with van der Waals surface area (Å²) in [6.45, 7) is 3.43. The number of hydrogen-bond donors (Lipinski definition) is 2. The molecule has 0 unspecified atom stereocenters. The fourth-order valence-corrected chi connectivity index (χ4v) is 4.23. The number of hydrogen-bond acceptors (Lipinski definition) is 5. The zero-order chi connectivity index (χ0) is 19.2. The zero-order valence-corrected chi connectivity index (χ0v) is 16.5. The van der Waals surface area contributed by atoms with Crippen LogP contribution in [0.3, 0.4) is 0 Å². The number of amides is 2. The van der Waals surface area contributed by atoms with E-state index in [0.717, 1.165) is 23.8 Å². The van der Waals surface area contributed by atoms with Crippen LogP contribution in [0.5, 0.6) is 0 Å². The van der Waals surface area contributed by atoms with Crippen LogP contribution in [-0.2, 0) is 9.59 Å². The lowest BCUT2D eigenvalue weighted by Crippen LogP contribution is -2.17. The van der Waals surface area contributed by atoms with Crippen molar-refractivity contribution in [3.63, 3.8) is 0 Å². The Kier molecular flexibility index (Phi) is 6.49. The summed E-state index contributed by atoms with van der Waals surface area (Å²) in [6, 6.07) is 7.49. The van der Waals surface area contributed by atoms with Crippen molar-refractivity contribution in [1.29, 1.82) is 0 Å². The summed E-state index contributed by atoms with van der Waals surface area (Å²) in [7, 11) is 0. The summed E-state index contributed by atoms with van der Waals surface area (Å²) in [5.74, 6) is 0.972. The second-order valence-electron chi connectivity index (χ2n) is 6.79. The monoisotopic (exact) mass is 387 g/mol. The van der Waals surface area contributed by atoms with Crippen LogP contribution in [0.4, 0.5) is 11.4 Å². The number of benzene rings is 1. The molecule has 3 rings (SSSR count). The predicted molar refractivity (Wildman–Crippen MR) is 107 cm³/mol. The van der Waals surface area contributed by atoms with Crippen molar-refractivity contribution in [3.05, 3.63) is 30.1 Å². The molecular weight excluding hydrogens is 362 g/mol. The van der Waals surface area contributed by atoms with Crippen molar-refractivity contribution in [3.8, 4) is 0 Å². The van der Waals surface area contributed by atoms with E-state index in [1.54, 1.807) is 24.3 Å². The molecule has 0 aliphatic heterocycles. The molecule has 0 bridgehead atoms. The highest BCUT2D eigenvalue weighted by Crippen LogP contribution is 2.32. The molecule has 1 fully saturated rings. The van der Waals surface area contributed by atoms with Gasteiger partial charge in [0, 0.05) is 24.3 Å². The molecule has 1 saturated carbocycles. The minimum absolute atomic E-state index is 0.0943. The van der Waals surface area contributed by atoms with Crippen LogP contribution in [0.25, 0.3) is 0 Å². The van der Waals surface area contributed by atoms with Gasteiger partial charge in [0.1, 0.15) is 5.82 Å². The molecule has 1 aliphatic rings. The lowest BCUT2D eigenvalue weighted by Gasteiger charge is -2.24. The summed E-state index contributed by atoms with van der Waals surface area (Å²) in [5.41, 5.74) is 1.39. The number of carbonyl (C=O) groups is 2. The van der Waals surface area contributed by atoms with E-state index in [1.165, 1.54) is 37.9 Å². The predicted octanol–water partition coefficient (Wildman–Crippen LogP) is 3.78. The van der Waals surface area contributed by atoms with Crippen molar-refractivity contribution in [1.82, 2.24) is 14.8 Å². The maximum atomic E-state index is 12.3. The van der Waals surface area contributed by atoms with Gasteiger partial charge < -0.3 is 15.2 Å². The van der Waals surface area contributed by atoms with Crippen molar-refractivity contribution < 1.29 is 9.59 Å². The average Bonchev–Trinajstić information content (AvgIpc) is 3.02. The second kappa shape index (κ2) is 9.03. The van der Waals surface area contributed by atoms with Gasteiger partial charge in [-0.2, -0.15) is 0 Å². The van der Waals surface area contributed by atoms with Gasteiger partial charge in [-0.25, -0.2) is 0 Å².